The van der Waals surface area contributed by atoms with E-state index in [2.05, 4.69) is 5.32 Å². The van der Waals surface area contributed by atoms with Gasteiger partial charge < -0.3 is 20.5 Å². The van der Waals surface area contributed by atoms with E-state index in [1.165, 1.54) is 0 Å². The van der Waals surface area contributed by atoms with Crippen molar-refractivity contribution in [3.05, 3.63) is 24.3 Å². The van der Waals surface area contributed by atoms with Crippen molar-refractivity contribution in [1.82, 2.24) is 0 Å². The molecule has 1 heterocycles. The van der Waals surface area contributed by atoms with Crippen LogP contribution in [0, 0.1) is 5.41 Å². The van der Waals surface area contributed by atoms with Gasteiger partial charge in [-0.05, 0) is 25.0 Å². The molecule has 0 spiro atoms. The SMILES string of the molecule is Cl.NCC1(C(=O)Nc2cccc(OCCF)c2)CCOCC1. The quantitative estimate of drug-likeness (QED) is 0.837. The van der Waals surface area contributed by atoms with Gasteiger partial charge in [-0.3, -0.25) is 4.79 Å². The van der Waals surface area contributed by atoms with Gasteiger partial charge in [0.1, 0.15) is 19.0 Å². The van der Waals surface area contributed by atoms with Crippen LogP contribution >= 0.6 is 12.4 Å². The lowest BCUT2D eigenvalue weighted by Gasteiger charge is -2.34. The van der Waals surface area contributed by atoms with E-state index in [-0.39, 0.29) is 24.9 Å². The van der Waals surface area contributed by atoms with Crippen LogP contribution in [0.4, 0.5) is 10.1 Å². The summed E-state index contributed by atoms with van der Waals surface area (Å²) >= 11 is 0. The number of carbonyl (C=O) groups is 1. The molecule has 0 unspecified atom stereocenters. The molecule has 2 rings (SSSR count). The third kappa shape index (κ3) is 4.56. The summed E-state index contributed by atoms with van der Waals surface area (Å²) in [6, 6.07) is 6.92. The molecule has 1 aliphatic heterocycles. The van der Waals surface area contributed by atoms with Crippen molar-refractivity contribution in [1.29, 1.82) is 0 Å². The van der Waals surface area contributed by atoms with Crippen LogP contribution in [0.1, 0.15) is 12.8 Å². The van der Waals surface area contributed by atoms with E-state index in [0.717, 1.165) is 0 Å². The monoisotopic (exact) mass is 332 g/mol. The summed E-state index contributed by atoms with van der Waals surface area (Å²) in [5.74, 6) is 0.426. The molecule has 0 bridgehead atoms. The molecule has 1 amide bonds. The highest BCUT2D eigenvalue weighted by atomic mass is 35.5. The lowest BCUT2D eigenvalue weighted by Crippen LogP contribution is -2.46. The highest BCUT2D eigenvalue weighted by molar-refractivity contribution is 5.95. The maximum Gasteiger partial charge on any atom is 0.232 e. The molecule has 3 N–H and O–H groups in total. The summed E-state index contributed by atoms with van der Waals surface area (Å²) in [5, 5.41) is 2.87. The lowest BCUT2D eigenvalue weighted by molar-refractivity contribution is -0.130. The molecule has 5 nitrogen and oxygen atoms in total. The van der Waals surface area contributed by atoms with Gasteiger partial charge in [0.25, 0.3) is 0 Å². The first-order chi connectivity index (χ1) is 10.2. The number of carbonyl (C=O) groups excluding carboxylic acids is 1. The van der Waals surface area contributed by atoms with Crippen molar-refractivity contribution in [3.8, 4) is 5.75 Å². The number of rotatable bonds is 6. The Morgan fingerprint density at radius 2 is 2.14 bits per heavy atom. The zero-order valence-corrected chi connectivity index (χ0v) is 13.2. The van der Waals surface area contributed by atoms with Gasteiger partial charge in [0, 0.05) is 31.5 Å². The smallest absolute Gasteiger partial charge is 0.232 e. The van der Waals surface area contributed by atoms with Gasteiger partial charge in [0.05, 0.1) is 5.41 Å². The van der Waals surface area contributed by atoms with Gasteiger partial charge in [0.2, 0.25) is 5.91 Å². The average molecular weight is 333 g/mol. The van der Waals surface area contributed by atoms with Crippen LogP contribution in [0.15, 0.2) is 24.3 Å². The van der Waals surface area contributed by atoms with Crippen molar-refractivity contribution >= 4 is 24.0 Å². The van der Waals surface area contributed by atoms with Crippen molar-refractivity contribution in [3.63, 3.8) is 0 Å². The first kappa shape index (κ1) is 18.7. The Morgan fingerprint density at radius 3 is 2.77 bits per heavy atom. The fourth-order valence-corrected chi connectivity index (χ4v) is 2.37. The minimum absolute atomic E-state index is 0. The number of nitrogens with two attached hydrogens (primary N) is 1. The second-order valence-corrected chi connectivity index (χ2v) is 5.12. The van der Waals surface area contributed by atoms with E-state index in [0.29, 0.717) is 44.0 Å². The topological polar surface area (TPSA) is 73.6 Å². The van der Waals surface area contributed by atoms with Gasteiger partial charge in [0.15, 0.2) is 0 Å². The zero-order valence-electron chi connectivity index (χ0n) is 12.3. The Hall–Kier alpha value is -1.37. The summed E-state index contributed by atoms with van der Waals surface area (Å²) in [4.78, 5) is 12.5. The second-order valence-electron chi connectivity index (χ2n) is 5.12. The number of amides is 1. The standard InChI is InChI=1S/C15H21FN2O3.ClH/c16-6-9-21-13-3-1-2-12(10-13)18-14(19)15(11-17)4-7-20-8-5-15;/h1-3,10H,4-9,11,17H2,(H,18,19);1H. The molecule has 0 aromatic heterocycles. The molecule has 0 aliphatic carbocycles. The van der Waals surface area contributed by atoms with Gasteiger partial charge in [-0.1, -0.05) is 6.07 Å². The summed E-state index contributed by atoms with van der Waals surface area (Å²) in [5.41, 5.74) is 5.85. The Labute approximate surface area is 135 Å². The second kappa shape index (κ2) is 8.92. The molecule has 22 heavy (non-hydrogen) atoms. The van der Waals surface area contributed by atoms with Crippen molar-refractivity contribution in [2.45, 2.75) is 12.8 Å². The number of anilines is 1. The highest BCUT2D eigenvalue weighted by Crippen LogP contribution is 2.31. The molecule has 1 aromatic rings. The molecule has 1 fully saturated rings. The van der Waals surface area contributed by atoms with Crippen molar-refractivity contribution < 1.29 is 18.7 Å². The number of nitrogens with one attached hydrogen (secondary N) is 1. The molecule has 124 valence electrons. The van der Waals surface area contributed by atoms with Crippen LogP contribution < -0.4 is 15.8 Å². The Bertz CT molecular complexity index is 482. The largest absolute Gasteiger partial charge is 0.491 e. The Morgan fingerprint density at radius 1 is 1.41 bits per heavy atom. The van der Waals surface area contributed by atoms with E-state index < -0.39 is 12.1 Å². The molecule has 1 aliphatic rings. The number of halogens is 2. The molecular weight excluding hydrogens is 311 g/mol. The number of benzene rings is 1. The van der Waals surface area contributed by atoms with Gasteiger partial charge in [-0.2, -0.15) is 0 Å². The van der Waals surface area contributed by atoms with Crippen molar-refractivity contribution in [2.75, 3.05) is 38.4 Å². The van der Waals surface area contributed by atoms with Gasteiger partial charge in [-0.25, -0.2) is 4.39 Å². The number of hydrogen-bond acceptors (Lipinski definition) is 4. The lowest BCUT2D eigenvalue weighted by atomic mass is 9.79. The molecule has 0 atom stereocenters. The van der Waals surface area contributed by atoms with Crippen LogP contribution in [0.3, 0.4) is 0 Å². The van der Waals surface area contributed by atoms with E-state index in [4.69, 9.17) is 15.2 Å². The number of hydrogen-bond donors (Lipinski definition) is 2. The third-order valence-corrected chi connectivity index (χ3v) is 3.76. The summed E-state index contributed by atoms with van der Waals surface area (Å²) in [7, 11) is 0. The zero-order chi connectivity index (χ0) is 15.1. The Kier molecular flexibility index (Phi) is 7.58. The normalized spacial score (nSPS) is 16.5. The predicted octanol–water partition coefficient (Wildman–Crippen LogP) is 2.15. The maximum absolute atomic E-state index is 12.5. The number of ether oxygens (including phenoxy) is 2. The van der Waals surface area contributed by atoms with E-state index in [1.807, 2.05) is 0 Å². The maximum atomic E-state index is 12.5. The van der Waals surface area contributed by atoms with Crippen molar-refractivity contribution in [2.24, 2.45) is 11.1 Å². The summed E-state index contributed by atoms with van der Waals surface area (Å²) in [6.07, 6.45) is 1.24. The van der Waals surface area contributed by atoms with Gasteiger partial charge in [-0.15, -0.1) is 12.4 Å². The predicted molar refractivity (Wildman–Crippen MR) is 85.3 cm³/mol. The first-order valence-corrected chi connectivity index (χ1v) is 7.08. The van der Waals surface area contributed by atoms with Crippen LogP contribution in [0.5, 0.6) is 5.75 Å². The fraction of sp³-hybridized carbons (Fsp3) is 0.533. The van der Waals surface area contributed by atoms with E-state index in [1.54, 1.807) is 24.3 Å². The Balaban J connectivity index is 0.00000242. The molecule has 0 radical (unpaired) electrons. The molecule has 7 heteroatoms. The third-order valence-electron chi connectivity index (χ3n) is 3.76. The minimum atomic E-state index is -0.575. The minimum Gasteiger partial charge on any atom is -0.491 e. The van der Waals surface area contributed by atoms with Crippen LogP contribution in [0.2, 0.25) is 0 Å². The van der Waals surface area contributed by atoms with E-state index in [9.17, 15) is 9.18 Å². The van der Waals surface area contributed by atoms with E-state index >= 15 is 0 Å². The molecule has 1 saturated heterocycles. The van der Waals surface area contributed by atoms with Gasteiger partial charge >= 0.3 is 0 Å². The van der Waals surface area contributed by atoms with Crippen LogP contribution in [-0.4, -0.2) is 38.9 Å². The molecule has 0 saturated carbocycles. The molecular formula is C15H22ClFN2O3. The van der Waals surface area contributed by atoms with Crippen LogP contribution in [0.25, 0.3) is 0 Å². The summed E-state index contributed by atoms with van der Waals surface area (Å²) in [6.45, 7) is 0.836. The summed E-state index contributed by atoms with van der Waals surface area (Å²) < 4.78 is 22.6. The fourth-order valence-electron chi connectivity index (χ4n) is 2.37. The number of alkyl halides is 1. The highest BCUT2D eigenvalue weighted by Gasteiger charge is 2.38. The average Bonchev–Trinajstić information content (AvgIpc) is 2.54. The molecule has 1 aromatic carbocycles. The first-order valence-electron chi connectivity index (χ1n) is 7.08. The van der Waals surface area contributed by atoms with Crippen LogP contribution in [-0.2, 0) is 9.53 Å².